The smallest absolute Gasteiger partial charge is 0.175 e. The van der Waals surface area contributed by atoms with E-state index in [1.54, 1.807) is 7.05 Å². The lowest BCUT2D eigenvalue weighted by molar-refractivity contribution is 0.187. The maximum atomic E-state index is 9.08. The van der Waals surface area contributed by atoms with E-state index in [1.165, 1.54) is 4.80 Å². The van der Waals surface area contributed by atoms with Crippen molar-refractivity contribution in [2.75, 3.05) is 6.61 Å². The lowest BCUT2D eigenvalue weighted by Gasteiger charge is -2.15. The van der Waals surface area contributed by atoms with Gasteiger partial charge < -0.3 is 5.11 Å². The van der Waals surface area contributed by atoms with Gasteiger partial charge in [0.2, 0.25) is 0 Å². The number of hydrogen-bond acceptors (Lipinski definition) is 4. The van der Waals surface area contributed by atoms with E-state index < -0.39 is 0 Å². The van der Waals surface area contributed by atoms with Crippen molar-refractivity contribution in [3.8, 4) is 0 Å². The first-order valence-corrected chi connectivity index (χ1v) is 4.47. The maximum Gasteiger partial charge on any atom is 0.175 e. The van der Waals surface area contributed by atoms with Crippen molar-refractivity contribution >= 4 is 0 Å². The Kier molecular flexibility index (Phi) is 3.36. The Bertz CT molecular complexity index is 258. The van der Waals surface area contributed by atoms with Gasteiger partial charge in [-0.05, 0) is 17.0 Å². The third-order valence-corrected chi connectivity index (χ3v) is 2.17. The van der Waals surface area contributed by atoms with Crippen LogP contribution in [0.25, 0.3) is 0 Å². The van der Waals surface area contributed by atoms with Crippen LogP contribution in [-0.2, 0) is 13.5 Å². The summed E-state index contributed by atoms with van der Waals surface area (Å²) in [6.45, 7) is 4.34. The van der Waals surface area contributed by atoms with E-state index in [0.29, 0.717) is 18.2 Å². The summed E-state index contributed by atoms with van der Waals surface area (Å²) in [7, 11) is 1.74. The standard InChI is InChI=1S/C8H16N4O/c1-6(2)7(5-13)4-8-9-11-12(3)10-8/h6-7,13H,4-5H2,1-3H3. The lowest BCUT2D eigenvalue weighted by atomic mass is 9.93. The molecule has 13 heavy (non-hydrogen) atoms. The molecule has 0 aliphatic rings. The van der Waals surface area contributed by atoms with E-state index in [-0.39, 0.29) is 12.5 Å². The summed E-state index contributed by atoms with van der Waals surface area (Å²) < 4.78 is 0. The van der Waals surface area contributed by atoms with Gasteiger partial charge in [-0.1, -0.05) is 13.8 Å². The third-order valence-electron chi connectivity index (χ3n) is 2.17. The van der Waals surface area contributed by atoms with Crippen LogP contribution >= 0.6 is 0 Å². The minimum atomic E-state index is 0.177. The number of rotatable bonds is 4. The minimum absolute atomic E-state index is 0.177. The molecule has 0 spiro atoms. The van der Waals surface area contributed by atoms with Crippen LogP contribution < -0.4 is 0 Å². The first-order valence-electron chi connectivity index (χ1n) is 4.47. The molecule has 0 fully saturated rings. The van der Waals surface area contributed by atoms with Crippen molar-refractivity contribution in [2.45, 2.75) is 20.3 Å². The van der Waals surface area contributed by atoms with Crippen molar-refractivity contribution in [3.05, 3.63) is 5.82 Å². The molecular formula is C8H16N4O. The van der Waals surface area contributed by atoms with Crippen LogP contribution in [0.3, 0.4) is 0 Å². The van der Waals surface area contributed by atoms with Crippen molar-refractivity contribution < 1.29 is 5.11 Å². The van der Waals surface area contributed by atoms with E-state index in [1.807, 2.05) is 0 Å². The molecule has 0 aliphatic heterocycles. The second-order valence-electron chi connectivity index (χ2n) is 3.59. The van der Waals surface area contributed by atoms with Gasteiger partial charge in [-0.15, -0.1) is 10.2 Å². The Hall–Kier alpha value is -0.970. The second kappa shape index (κ2) is 4.32. The monoisotopic (exact) mass is 184 g/mol. The first-order chi connectivity index (χ1) is 6.13. The SMILES string of the molecule is CC(C)C(CO)Cc1nnn(C)n1. The van der Waals surface area contributed by atoms with Gasteiger partial charge in [0.05, 0.1) is 7.05 Å². The number of aromatic nitrogens is 4. The van der Waals surface area contributed by atoms with Crippen LogP contribution in [0.15, 0.2) is 0 Å². The summed E-state index contributed by atoms with van der Waals surface area (Å²) in [5.74, 6) is 1.37. The Morgan fingerprint density at radius 2 is 2.15 bits per heavy atom. The highest BCUT2D eigenvalue weighted by Gasteiger charge is 2.15. The fraction of sp³-hybridized carbons (Fsp3) is 0.875. The fourth-order valence-corrected chi connectivity index (χ4v) is 1.15. The largest absolute Gasteiger partial charge is 0.396 e. The molecule has 0 aliphatic carbocycles. The van der Waals surface area contributed by atoms with E-state index in [4.69, 9.17) is 5.11 Å². The molecule has 74 valence electrons. The normalized spacial score (nSPS) is 13.6. The molecule has 0 radical (unpaired) electrons. The maximum absolute atomic E-state index is 9.08. The number of aliphatic hydroxyl groups excluding tert-OH is 1. The van der Waals surface area contributed by atoms with E-state index in [9.17, 15) is 0 Å². The summed E-state index contributed by atoms with van der Waals surface area (Å²) in [4.78, 5) is 1.43. The molecule has 0 saturated heterocycles. The van der Waals surface area contributed by atoms with Gasteiger partial charge in [-0.2, -0.15) is 4.80 Å². The molecule has 5 nitrogen and oxygen atoms in total. The molecule has 1 atom stereocenters. The van der Waals surface area contributed by atoms with Crippen LogP contribution in [0.1, 0.15) is 19.7 Å². The number of nitrogens with zero attached hydrogens (tertiary/aromatic N) is 4. The van der Waals surface area contributed by atoms with Gasteiger partial charge in [-0.25, -0.2) is 0 Å². The quantitative estimate of drug-likeness (QED) is 0.716. The topological polar surface area (TPSA) is 63.8 Å². The Morgan fingerprint density at radius 1 is 1.46 bits per heavy atom. The predicted octanol–water partition coefficient (Wildman–Crippen LogP) is 0.0171. The van der Waals surface area contributed by atoms with Crippen LogP contribution in [0.4, 0.5) is 0 Å². The predicted molar refractivity (Wildman–Crippen MR) is 47.9 cm³/mol. The van der Waals surface area contributed by atoms with Gasteiger partial charge in [0, 0.05) is 13.0 Å². The average molecular weight is 184 g/mol. The van der Waals surface area contributed by atoms with E-state index >= 15 is 0 Å². The summed E-state index contributed by atoms with van der Waals surface area (Å²) in [5, 5.41) is 20.8. The highest BCUT2D eigenvalue weighted by Crippen LogP contribution is 2.13. The molecule has 1 unspecified atom stereocenters. The van der Waals surface area contributed by atoms with Gasteiger partial charge in [-0.3, -0.25) is 0 Å². The zero-order valence-corrected chi connectivity index (χ0v) is 8.30. The zero-order chi connectivity index (χ0) is 9.84. The highest BCUT2D eigenvalue weighted by molar-refractivity contribution is 4.81. The Labute approximate surface area is 77.8 Å². The van der Waals surface area contributed by atoms with Crippen LogP contribution in [0, 0.1) is 11.8 Å². The third kappa shape index (κ3) is 2.77. The number of tetrazole rings is 1. The molecule has 1 aromatic heterocycles. The molecular weight excluding hydrogens is 168 g/mol. The molecule has 5 heteroatoms. The van der Waals surface area contributed by atoms with E-state index in [0.717, 1.165) is 0 Å². The van der Waals surface area contributed by atoms with Crippen LogP contribution in [0.5, 0.6) is 0 Å². The molecule has 1 rings (SSSR count). The van der Waals surface area contributed by atoms with Crippen molar-refractivity contribution in [3.63, 3.8) is 0 Å². The average Bonchev–Trinajstić information content (AvgIpc) is 2.46. The molecule has 0 aromatic carbocycles. The molecule has 1 aromatic rings. The Morgan fingerprint density at radius 3 is 2.54 bits per heavy atom. The number of hydrogen-bond donors (Lipinski definition) is 1. The summed E-state index contributed by atoms with van der Waals surface area (Å²) >= 11 is 0. The van der Waals surface area contributed by atoms with Gasteiger partial charge >= 0.3 is 0 Å². The first kappa shape index (κ1) is 10.1. The Balaban J connectivity index is 2.56. The number of aryl methyl sites for hydroxylation is 1. The van der Waals surface area contributed by atoms with E-state index in [2.05, 4.69) is 29.3 Å². The minimum Gasteiger partial charge on any atom is -0.396 e. The number of aliphatic hydroxyl groups is 1. The molecule has 0 amide bonds. The summed E-state index contributed by atoms with van der Waals surface area (Å²) in [5.41, 5.74) is 0. The second-order valence-corrected chi connectivity index (χ2v) is 3.59. The summed E-state index contributed by atoms with van der Waals surface area (Å²) in [6, 6.07) is 0. The highest BCUT2D eigenvalue weighted by atomic mass is 16.3. The van der Waals surface area contributed by atoms with Gasteiger partial charge in [0.15, 0.2) is 5.82 Å². The lowest BCUT2D eigenvalue weighted by Crippen LogP contribution is -2.17. The summed E-state index contributed by atoms with van der Waals surface area (Å²) in [6.07, 6.45) is 0.696. The zero-order valence-electron chi connectivity index (χ0n) is 8.30. The van der Waals surface area contributed by atoms with Crippen LogP contribution in [0.2, 0.25) is 0 Å². The molecule has 0 bridgehead atoms. The van der Waals surface area contributed by atoms with Gasteiger partial charge in [0.1, 0.15) is 0 Å². The fourth-order valence-electron chi connectivity index (χ4n) is 1.15. The van der Waals surface area contributed by atoms with Crippen molar-refractivity contribution in [1.82, 2.24) is 20.2 Å². The molecule has 0 saturated carbocycles. The van der Waals surface area contributed by atoms with Crippen LogP contribution in [-0.4, -0.2) is 31.9 Å². The molecule has 1 N–H and O–H groups in total. The van der Waals surface area contributed by atoms with Crippen molar-refractivity contribution in [1.29, 1.82) is 0 Å². The van der Waals surface area contributed by atoms with Crippen molar-refractivity contribution in [2.24, 2.45) is 18.9 Å². The van der Waals surface area contributed by atoms with Gasteiger partial charge in [0.25, 0.3) is 0 Å². The molecule has 1 heterocycles.